The first kappa shape index (κ1) is 18.1. The predicted octanol–water partition coefficient (Wildman–Crippen LogP) is 3.78. The average Bonchev–Trinajstić information content (AvgIpc) is 2.50. The minimum Gasteiger partial charge on any atom is -0.365 e. The van der Waals surface area contributed by atoms with Gasteiger partial charge in [-0.2, -0.15) is 18.4 Å². The van der Waals surface area contributed by atoms with Crippen LogP contribution in [-0.4, -0.2) is 17.4 Å². The van der Waals surface area contributed by atoms with E-state index in [-0.39, 0.29) is 24.3 Å². The van der Waals surface area contributed by atoms with Crippen LogP contribution in [0, 0.1) is 16.7 Å². The molecule has 0 N–H and O–H groups in total. The van der Waals surface area contributed by atoms with Gasteiger partial charge in [-0.05, 0) is 31.6 Å². The molecule has 0 amide bonds. The Morgan fingerprint density at radius 2 is 2.08 bits per heavy atom. The second kappa shape index (κ2) is 6.02. The fraction of sp³-hybridized carbons (Fsp3) is 0.471. The van der Waals surface area contributed by atoms with E-state index in [0.717, 1.165) is 6.07 Å². The number of alkyl halides is 3. The number of nitrogens with zero attached hydrogens (tertiary/aromatic N) is 2. The molecule has 7 heteroatoms. The zero-order valence-electron chi connectivity index (χ0n) is 13.6. The van der Waals surface area contributed by atoms with E-state index in [1.165, 1.54) is 18.3 Å². The van der Waals surface area contributed by atoms with Crippen LogP contribution in [0.25, 0.3) is 0 Å². The third-order valence-corrected chi connectivity index (χ3v) is 3.98. The molecule has 0 radical (unpaired) electrons. The predicted molar refractivity (Wildman–Crippen MR) is 79.6 cm³/mol. The number of aromatic nitrogens is 1. The quantitative estimate of drug-likeness (QED) is 0.841. The maximum absolute atomic E-state index is 13.4. The highest BCUT2D eigenvalue weighted by atomic mass is 19.4. The average molecular weight is 338 g/mol. The van der Waals surface area contributed by atoms with Crippen molar-refractivity contribution in [1.82, 2.24) is 4.98 Å². The molecule has 0 saturated carbocycles. The maximum Gasteiger partial charge on any atom is 0.418 e. The minimum atomic E-state index is -4.63. The van der Waals surface area contributed by atoms with E-state index >= 15 is 0 Å². The monoisotopic (exact) mass is 338 g/mol. The van der Waals surface area contributed by atoms with Crippen molar-refractivity contribution < 1.29 is 22.7 Å². The van der Waals surface area contributed by atoms with Crippen LogP contribution in [-0.2, 0) is 21.3 Å². The Kier molecular flexibility index (Phi) is 4.55. The number of halogens is 3. The van der Waals surface area contributed by atoms with E-state index in [2.05, 4.69) is 4.98 Å². The first-order valence-corrected chi connectivity index (χ1v) is 7.42. The number of carbonyl (C=O) groups excluding carboxylic acids is 1. The second-order valence-corrected chi connectivity index (χ2v) is 6.28. The van der Waals surface area contributed by atoms with Gasteiger partial charge in [0, 0.05) is 18.2 Å². The summed E-state index contributed by atoms with van der Waals surface area (Å²) in [5.41, 5.74) is -4.10. The molecule has 0 aliphatic heterocycles. The van der Waals surface area contributed by atoms with Crippen molar-refractivity contribution >= 4 is 5.78 Å². The molecular weight excluding hydrogens is 321 g/mol. The highest BCUT2D eigenvalue weighted by Crippen LogP contribution is 2.47. The van der Waals surface area contributed by atoms with Crippen LogP contribution in [0.4, 0.5) is 13.2 Å². The summed E-state index contributed by atoms with van der Waals surface area (Å²) in [6, 6.07) is 3.89. The van der Waals surface area contributed by atoms with Crippen LogP contribution >= 0.6 is 0 Å². The molecule has 1 heterocycles. The van der Waals surface area contributed by atoms with E-state index in [1.807, 2.05) is 0 Å². The first-order chi connectivity index (χ1) is 11.1. The molecule has 24 heavy (non-hydrogen) atoms. The molecule has 0 spiro atoms. The van der Waals surface area contributed by atoms with Crippen LogP contribution in [0.3, 0.4) is 0 Å². The molecule has 1 aliphatic carbocycles. The van der Waals surface area contributed by atoms with Crippen molar-refractivity contribution in [3.05, 3.63) is 41.2 Å². The minimum absolute atomic E-state index is 0.0298. The summed E-state index contributed by atoms with van der Waals surface area (Å²) in [6.07, 6.45) is -2.23. The molecule has 1 aromatic heterocycles. The molecule has 0 aromatic carbocycles. The Hall–Kier alpha value is -2.20. The number of hydrogen-bond donors (Lipinski definition) is 0. The standard InChI is InChI=1S/C17H17F3N2O2/c1-4-24-16(8-11(9-21)14(23)15(2,3)10-16)13-12(17(18,19)20)6-5-7-22-13/h5-8H,4,10H2,1-3H3. The summed E-state index contributed by atoms with van der Waals surface area (Å²) in [5, 5.41) is 9.23. The number of pyridine rings is 1. The summed E-state index contributed by atoms with van der Waals surface area (Å²) >= 11 is 0. The molecule has 4 nitrogen and oxygen atoms in total. The summed E-state index contributed by atoms with van der Waals surface area (Å²) in [6.45, 7) is 4.92. The van der Waals surface area contributed by atoms with E-state index in [1.54, 1.807) is 26.8 Å². The Bertz CT molecular complexity index is 732. The smallest absolute Gasteiger partial charge is 0.365 e. The molecule has 128 valence electrons. The van der Waals surface area contributed by atoms with Crippen LogP contribution in [0.2, 0.25) is 0 Å². The number of Topliss-reactive ketones (excluding diaryl/α,β-unsaturated/α-hetero) is 1. The lowest BCUT2D eigenvalue weighted by Gasteiger charge is -2.41. The van der Waals surface area contributed by atoms with Gasteiger partial charge in [0.15, 0.2) is 5.78 Å². The van der Waals surface area contributed by atoms with Gasteiger partial charge in [0.05, 0.1) is 16.8 Å². The lowest BCUT2D eigenvalue weighted by atomic mass is 9.68. The van der Waals surface area contributed by atoms with Crippen molar-refractivity contribution in [3.63, 3.8) is 0 Å². The third-order valence-electron chi connectivity index (χ3n) is 3.98. The molecule has 0 saturated heterocycles. The van der Waals surface area contributed by atoms with Crippen LogP contribution in [0.15, 0.2) is 30.0 Å². The Morgan fingerprint density at radius 3 is 2.62 bits per heavy atom. The van der Waals surface area contributed by atoms with Crippen LogP contribution in [0.1, 0.15) is 38.4 Å². The van der Waals surface area contributed by atoms with E-state index < -0.39 is 28.5 Å². The van der Waals surface area contributed by atoms with Crippen molar-refractivity contribution in [2.24, 2.45) is 5.41 Å². The number of ketones is 1. The van der Waals surface area contributed by atoms with E-state index in [9.17, 15) is 23.2 Å². The molecular formula is C17H17F3N2O2. The number of ether oxygens (including phenoxy) is 1. The fourth-order valence-electron chi connectivity index (χ4n) is 3.08. The zero-order chi connectivity index (χ0) is 18.2. The maximum atomic E-state index is 13.4. The van der Waals surface area contributed by atoms with E-state index in [4.69, 9.17) is 4.74 Å². The summed E-state index contributed by atoms with van der Waals surface area (Å²) in [7, 11) is 0. The van der Waals surface area contributed by atoms with Crippen LogP contribution in [0.5, 0.6) is 0 Å². The first-order valence-electron chi connectivity index (χ1n) is 7.42. The van der Waals surface area contributed by atoms with Crippen LogP contribution < -0.4 is 0 Å². The van der Waals surface area contributed by atoms with Gasteiger partial charge < -0.3 is 4.74 Å². The molecule has 1 atom stereocenters. The number of carbonyl (C=O) groups is 1. The Morgan fingerprint density at radius 1 is 1.42 bits per heavy atom. The summed E-state index contributed by atoms with van der Waals surface area (Å²) in [4.78, 5) is 16.2. The molecule has 0 bridgehead atoms. The van der Waals surface area contributed by atoms with Crippen molar-refractivity contribution in [1.29, 1.82) is 5.26 Å². The Balaban J connectivity index is 2.78. The number of allylic oxidation sites excluding steroid dienone is 1. The summed E-state index contributed by atoms with van der Waals surface area (Å²) in [5.74, 6) is -0.412. The van der Waals surface area contributed by atoms with Crippen molar-refractivity contribution in [2.45, 2.75) is 39.0 Å². The van der Waals surface area contributed by atoms with Gasteiger partial charge in [-0.15, -0.1) is 0 Å². The van der Waals surface area contributed by atoms with Gasteiger partial charge in [-0.3, -0.25) is 9.78 Å². The van der Waals surface area contributed by atoms with Gasteiger partial charge in [-0.1, -0.05) is 13.8 Å². The largest absolute Gasteiger partial charge is 0.418 e. The lowest BCUT2D eigenvalue weighted by molar-refractivity contribution is -0.143. The molecule has 1 aliphatic rings. The van der Waals surface area contributed by atoms with Gasteiger partial charge in [0.2, 0.25) is 0 Å². The SMILES string of the molecule is CCOC1(c2ncccc2C(F)(F)F)C=C(C#N)C(=O)C(C)(C)C1. The number of hydrogen-bond acceptors (Lipinski definition) is 4. The van der Waals surface area contributed by atoms with Gasteiger partial charge >= 0.3 is 6.18 Å². The lowest BCUT2D eigenvalue weighted by Crippen LogP contribution is -2.44. The van der Waals surface area contributed by atoms with E-state index in [0.29, 0.717) is 0 Å². The normalized spacial score (nSPS) is 23.5. The second-order valence-electron chi connectivity index (χ2n) is 6.28. The van der Waals surface area contributed by atoms with Crippen molar-refractivity contribution in [2.75, 3.05) is 6.61 Å². The number of nitriles is 1. The molecule has 2 rings (SSSR count). The van der Waals surface area contributed by atoms with Gasteiger partial charge in [0.25, 0.3) is 0 Å². The summed E-state index contributed by atoms with van der Waals surface area (Å²) < 4.78 is 45.9. The molecule has 1 unspecified atom stereocenters. The fourth-order valence-corrected chi connectivity index (χ4v) is 3.08. The number of rotatable bonds is 3. The highest BCUT2D eigenvalue weighted by molar-refractivity contribution is 6.04. The highest BCUT2D eigenvalue weighted by Gasteiger charge is 2.50. The molecule has 1 aromatic rings. The molecule has 0 fully saturated rings. The van der Waals surface area contributed by atoms with Gasteiger partial charge in [0.1, 0.15) is 11.7 Å². The third kappa shape index (κ3) is 3.06. The van der Waals surface area contributed by atoms with Crippen molar-refractivity contribution in [3.8, 4) is 6.07 Å². The Labute approximate surface area is 137 Å². The topological polar surface area (TPSA) is 63.0 Å². The van der Waals surface area contributed by atoms with Gasteiger partial charge in [-0.25, -0.2) is 0 Å². The zero-order valence-corrected chi connectivity index (χ0v) is 13.6.